The summed E-state index contributed by atoms with van der Waals surface area (Å²) >= 11 is 0. The van der Waals surface area contributed by atoms with Crippen LogP contribution in [0.1, 0.15) is 37.3 Å². The number of nitrogens with one attached hydrogen (secondary N) is 1. The summed E-state index contributed by atoms with van der Waals surface area (Å²) in [6.07, 6.45) is 1.17. The fourth-order valence-corrected chi connectivity index (χ4v) is 3.49. The first kappa shape index (κ1) is 20.0. The highest BCUT2D eigenvalue weighted by Gasteiger charge is 2.40. The van der Waals surface area contributed by atoms with Crippen molar-refractivity contribution in [1.82, 2.24) is 15.1 Å². The van der Waals surface area contributed by atoms with Gasteiger partial charge in [-0.3, -0.25) is 9.79 Å². The molecule has 0 radical (unpaired) electrons. The van der Waals surface area contributed by atoms with Crippen LogP contribution in [0.4, 0.5) is 0 Å². The number of hydrogen-bond donors (Lipinski definition) is 1. The first-order chi connectivity index (χ1) is 11.6. The van der Waals surface area contributed by atoms with Crippen LogP contribution in [0.15, 0.2) is 29.3 Å². The predicted molar refractivity (Wildman–Crippen MR) is 113 cm³/mol. The van der Waals surface area contributed by atoms with Crippen LogP contribution >= 0.6 is 24.0 Å². The normalized spacial score (nSPS) is 23.1. The number of hydrogen-bond acceptors (Lipinski definition) is 2. The number of halogens is 1. The Bertz CT molecular complexity index is 626. The fourth-order valence-electron chi connectivity index (χ4n) is 3.49. The summed E-state index contributed by atoms with van der Waals surface area (Å²) in [5.74, 6) is 1.76. The number of carbonyl (C=O) groups excluding carboxylic acids is 1. The van der Waals surface area contributed by atoms with Crippen molar-refractivity contribution in [2.24, 2.45) is 4.99 Å². The van der Waals surface area contributed by atoms with Crippen molar-refractivity contribution in [1.29, 1.82) is 0 Å². The first-order valence-corrected chi connectivity index (χ1v) is 8.97. The second-order valence-corrected chi connectivity index (χ2v) is 6.74. The highest BCUT2D eigenvalue weighted by atomic mass is 127. The molecule has 1 N–H and O–H groups in total. The maximum absolute atomic E-state index is 11.5. The summed E-state index contributed by atoms with van der Waals surface area (Å²) in [5, 5.41) is 3.65. The van der Waals surface area contributed by atoms with E-state index >= 15 is 0 Å². The van der Waals surface area contributed by atoms with Crippen LogP contribution in [0.2, 0.25) is 0 Å². The van der Waals surface area contributed by atoms with E-state index in [1.807, 2.05) is 4.90 Å². The van der Waals surface area contributed by atoms with E-state index < -0.39 is 0 Å². The van der Waals surface area contributed by atoms with Crippen LogP contribution in [0.25, 0.3) is 0 Å². The number of guanidine groups is 1. The molecule has 1 aromatic carbocycles. The molecule has 2 unspecified atom stereocenters. The molecule has 0 spiro atoms. The van der Waals surface area contributed by atoms with E-state index in [1.54, 1.807) is 6.92 Å². The molecule has 1 amide bonds. The summed E-state index contributed by atoms with van der Waals surface area (Å²) in [5.41, 5.74) is 2.82. The molecule has 3 rings (SSSR count). The summed E-state index contributed by atoms with van der Waals surface area (Å²) < 4.78 is 0. The topological polar surface area (TPSA) is 47.9 Å². The third-order valence-electron chi connectivity index (χ3n) is 5.03. The van der Waals surface area contributed by atoms with E-state index in [4.69, 9.17) is 0 Å². The molecule has 2 atom stereocenters. The maximum Gasteiger partial charge on any atom is 0.219 e. The van der Waals surface area contributed by atoms with Crippen molar-refractivity contribution in [2.45, 2.75) is 39.2 Å². The van der Waals surface area contributed by atoms with Gasteiger partial charge in [-0.1, -0.05) is 24.3 Å². The summed E-state index contributed by atoms with van der Waals surface area (Å²) in [4.78, 5) is 20.4. The molecule has 138 valence electrons. The minimum absolute atomic E-state index is 0. The maximum atomic E-state index is 11.5. The van der Waals surface area contributed by atoms with E-state index in [9.17, 15) is 4.79 Å². The SMILES string of the molecule is CCN=C(NC1CC1c1ccccc1C)N1CCN(C(C)=O)CC1.I. The van der Waals surface area contributed by atoms with Crippen LogP contribution in [0.3, 0.4) is 0 Å². The van der Waals surface area contributed by atoms with Crippen molar-refractivity contribution in [3.8, 4) is 0 Å². The van der Waals surface area contributed by atoms with Gasteiger partial charge in [-0.25, -0.2) is 0 Å². The van der Waals surface area contributed by atoms with Crippen LogP contribution in [-0.2, 0) is 4.79 Å². The van der Waals surface area contributed by atoms with Gasteiger partial charge < -0.3 is 15.1 Å². The number of nitrogens with zero attached hydrogens (tertiary/aromatic N) is 3. The number of piperazine rings is 1. The van der Waals surface area contributed by atoms with Crippen molar-refractivity contribution in [3.63, 3.8) is 0 Å². The van der Waals surface area contributed by atoms with E-state index in [2.05, 4.69) is 53.3 Å². The fraction of sp³-hybridized carbons (Fsp3) is 0.579. The zero-order valence-electron chi connectivity index (χ0n) is 15.4. The van der Waals surface area contributed by atoms with Gasteiger partial charge in [0.2, 0.25) is 5.91 Å². The molecule has 1 saturated heterocycles. The van der Waals surface area contributed by atoms with Crippen molar-refractivity contribution in [3.05, 3.63) is 35.4 Å². The molecule has 1 aliphatic carbocycles. The number of benzene rings is 1. The Kier molecular flexibility index (Phi) is 7.10. The van der Waals surface area contributed by atoms with E-state index in [-0.39, 0.29) is 29.9 Å². The number of aryl methyl sites for hydroxylation is 1. The molecule has 1 aliphatic heterocycles. The lowest BCUT2D eigenvalue weighted by molar-refractivity contribution is -0.130. The van der Waals surface area contributed by atoms with Crippen molar-refractivity contribution < 1.29 is 4.79 Å². The van der Waals surface area contributed by atoms with E-state index in [0.717, 1.165) is 38.7 Å². The van der Waals surface area contributed by atoms with E-state index in [1.165, 1.54) is 17.5 Å². The van der Waals surface area contributed by atoms with Crippen LogP contribution in [0.5, 0.6) is 0 Å². The Morgan fingerprint density at radius 2 is 1.84 bits per heavy atom. The van der Waals surface area contributed by atoms with Crippen LogP contribution < -0.4 is 5.32 Å². The Morgan fingerprint density at radius 3 is 2.44 bits per heavy atom. The Hall–Kier alpha value is -1.31. The molecular weight excluding hydrogens is 427 g/mol. The molecule has 0 bridgehead atoms. The van der Waals surface area contributed by atoms with Gasteiger partial charge in [0.25, 0.3) is 0 Å². The van der Waals surface area contributed by atoms with Gasteiger partial charge >= 0.3 is 0 Å². The zero-order valence-corrected chi connectivity index (χ0v) is 17.7. The summed E-state index contributed by atoms with van der Waals surface area (Å²) in [6.45, 7) is 9.95. The number of carbonyl (C=O) groups is 1. The van der Waals surface area contributed by atoms with Crippen LogP contribution in [0, 0.1) is 6.92 Å². The lowest BCUT2D eigenvalue weighted by Gasteiger charge is -2.36. The molecule has 6 heteroatoms. The second-order valence-electron chi connectivity index (χ2n) is 6.74. The molecule has 2 fully saturated rings. The van der Waals surface area contributed by atoms with Gasteiger partial charge in [0, 0.05) is 51.6 Å². The standard InChI is InChI=1S/C19H28N4O.HI/c1-4-20-19(23-11-9-22(10-12-23)15(3)24)21-18-13-17(18)16-8-6-5-7-14(16)2;/h5-8,17-18H,4,9-13H2,1-3H3,(H,20,21);1H. The highest BCUT2D eigenvalue weighted by molar-refractivity contribution is 14.0. The molecule has 1 heterocycles. The third-order valence-corrected chi connectivity index (χ3v) is 5.03. The summed E-state index contributed by atoms with van der Waals surface area (Å²) in [7, 11) is 0. The van der Waals surface area contributed by atoms with Crippen molar-refractivity contribution >= 4 is 35.8 Å². The molecule has 0 aromatic heterocycles. The van der Waals surface area contributed by atoms with Gasteiger partial charge in [-0.05, 0) is 31.4 Å². The summed E-state index contributed by atoms with van der Waals surface area (Å²) in [6, 6.07) is 9.13. The average Bonchev–Trinajstić information content (AvgIpc) is 3.34. The quantitative estimate of drug-likeness (QED) is 0.432. The molecule has 5 nitrogen and oxygen atoms in total. The lowest BCUT2D eigenvalue weighted by Crippen LogP contribution is -2.53. The third kappa shape index (κ3) is 4.86. The van der Waals surface area contributed by atoms with Crippen LogP contribution in [-0.4, -0.2) is 60.4 Å². The van der Waals surface area contributed by atoms with Gasteiger partial charge in [-0.15, -0.1) is 24.0 Å². The average molecular weight is 456 g/mol. The molecule has 2 aliphatic rings. The van der Waals surface area contributed by atoms with Crippen molar-refractivity contribution in [2.75, 3.05) is 32.7 Å². The Balaban J connectivity index is 0.00000225. The Labute approximate surface area is 167 Å². The molecule has 1 aromatic rings. The van der Waals surface area contributed by atoms with Gasteiger partial charge in [0.05, 0.1) is 0 Å². The highest BCUT2D eigenvalue weighted by Crippen LogP contribution is 2.42. The van der Waals surface area contributed by atoms with E-state index in [0.29, 0.717) is 12.0 Å². The zero-order chi connectivity index (χ0) is 17.1. The molecule has 25 heavy (non-hydrogen) atoms. The Morgan fingerprint density at radius 1 is 1.20 bits per heavy atom. The lowest BCUT2D eigenvalue weighted by atomic mass is 10.0. The number of amides is 1. The minimum Gasteiger partial charge on any atom is -0.353 e. The smallest absolute Gasteiger partial charge is 0.219 e. The number of rotatable bonds is 3. The monoisotopic (exact) mass is 456 g/mol. The molecule has 1 saturated carbocycles. The number of aliphatic imine (C=N–C) groups is 1. The van der Waals surface area contributed by atoms with Gasteiger partial charge in [0.1, 0.15) is 0 Å². The van der Waals surface area contributed by atoms with Gasteiger partial charge in [-0.2, -0.15) is 0 Å². The minimum atomic E-state index is 0. The first-order valence-electron chi connectivity index (χ1n) is 8.97. The molecular formula is C19H29IN4O. The second kappa shape index (κ2) is 8.87. The predicted octanol–water partition coefficient (Wildman–Crippen LogP) is 2.60. The van der Waals surface area contributed by atoms with Gasteiger partial charge in [0.15, 0.2) is 5.96 Å². The largest absolute Gasteiger partial charge is 0.353 e.